The van der Waals surface area contributed by atoms with Crippen LogP contribution in [0.5, 0.6) is 0 Å². The Hall–Kier alpha value is -0.180. The number of hydrogen-bond donors (Lipinski definition) is 0. The quantitative estimate of drug-likeness (QED) is 0.821. The monoisotopic (exact) mass is 288 g/mol. The molecule has 1 unspecified atom stereocenters. The van der Waals surface area contributed by atoms with Crippen LogP contribution in [0, 0.1) is 0 Å². The molecule has 0 aliphatic carbocycles. The first-order valence-electron chi connectivity index (χ1n) is 5.75. The number of thioether (sulfide) groups is 1. The van der Waals surface area contributed by atoms with Gasteiger partial charge in [0.25, 0.3) is 0 Å². The van der Waals surface area contributed by atoms with Crippen LogP contribution in [0.4, 0.5) is 0 Å². The van der Waals surface area contributed by atoms with Gasteiger partial charge in [0.15, 0.2) is 0 Å². The minimum absolute atomic E-state index is 0.179. The van der Waals surface area contributed by atoms with Gasteiger partial charge in [-0.1, -0.05) is 35.7 Å². The molecule has 0 aromatic heterocycles. The normalized spacial score (nSPS) is 20.2. The zero-order valence-electron chi connectivity index (χ0n) is 9.42. The lowest BCUT2D eigenvalue weighted by atomic mass is 10.0. The Bertz CT molecular complexity index is 414. The van der Waals surface area contributed by atoms with Crippen molar-refractivity contribution in [2.45, 2.75) is 30.9 Å². The van der Waals surface area contributed by atoms with Crippen molar-refractivity contribution in [1.29, 1.82) is 0 Å². The maximum atomic E-state index is 12.1. The Kier molecular flexibility index (Phi) is 4.78. The van der Waals surface area contributed by atoms with Gasteiger partial charge < -0.3 is 0 Å². The first-order valence-corrected chi connectivity index (χ1v) is 7.55. The van der Waals surface area contributed by atoms with E-state index >= 15 is 0 Å². The lowest BCUT2D eigenvalue weighted by molar-refractivity contribution is -0.118. The van der Waals surface area contributed by atoms with Gasteiger partial charge in [-0.05, 0) is 36.3 Å². The summed E-state index contributed by atoms with van der Waals surface area (Å²) in [5.74, 6) is 1.42. The highest BCUT2D eigenvalue weighted by molar-refractivity contribution is 8.00. The van der Waals surface area contributed by atoms with Gasteiger partial charge in [0, 0.05) is 6.42 Å². The predicted molar refractivity (Wildman–Crippen MR) is 75.3 cm³/mol. The second-order valence-corrected chi connectivity index (χ2v) is 6.37. The number of benzene rings is 1. The average Bonchev–Trinajstić information content (AvgIpc) is 2.35. The van der Waals surface area contributed by atoms with Gasteiger partial charge in [0.05, 0.1) is 15.3 Å². The Morgan fingerprint density at radius 3 is 2.76 bits per heavy atom. The largest absolute Gasteiger partial charge is 0.298 e. The van der Waals surface area contributed by atoms with Crippen LogP contribution in [0.3, 0.4) is 0 Å². The maximum absolute atomic E-state index is 12.1. The fourth-order valence-electron chi connectivity index (χ4n) is 1.96. The molecule has 1 aliphatic rings. The lowest BCUT2D eigenvalue weighted by Crippen LogP contribution is -2.22. The Labute approximate surface area is 116 Å². The van der Waals surface area contributed by atoms with Crippen molar-refractivity contribution in [2.24, 2.45) is 0 Å². The van der Waals surface area contributed by atoms with Crippen molar-refractivity contribution < 1.29 is 4.79 Å². The molecule has 1 aromatic rings. The van der Waals surface area contributed by atoms with Crippen LogP contribution >= 0.6 is 35.0 Å². The third-order valence-corrected chi connectivity index (χ3v) is 5.07. The number of carbonyl (C=O) groups excluding carboxylic acids is 1. The number of ketones is 1. The molecule has 4 heteroatoms. The molecule has 1 fully saturated rings. The highest BCUT2D eigenvalue weighted by Crippen LogP contribution is 2.28. The first-order chi connectivity index (χ1) is 8.16. The average molecular weight is 289 g/mol. The minimum Gasteiger partial charge on any atom is -0.298 e. The fraction of sp³-hybridized carbons (Fsp3) is 0.462. The second-order valence-electron chi connectivity index (χ2n) is 4.25. The van der Waals surface area contributed by atoms with E-state index in [0.717, 1.165) is 17.7 Å². The van der Waals surface area contributed by atoms with Crippen LogP contribution < -0.4 is 0 Å². The third-order valence-electron chi connectivity index (χ3n) is 2.90. The van der Waals surface area contributed by atoms with Crippen molar-refractivity contribution in [3.05, 3.63) is 33.8 Å². The molecule has 0 bridgehead atoms. The highest BCUT2D eigenvalue weighted by atomic mass is 35.5. The van der Waals surface area contributed by atoms with Crippen LogP contribution in [0.1, 0.15) is 24.8 Å². The first kappa shape index (κ1) is 13.3. The molecule has 1 heterocycles. The van der Waals surface area contributed by atoms with Gasteiger partial charge in [0.2, 0.25) is 0 Å². The van der Waals surface area contributed by atoms with Gasteiger partial charge in [0.1, 0.15) is 5.78 Å². The summed E-state index contributed by atoms with van der Waals surface area (Å²) in [6.45, 7) is 0. The number of carbonyl (C=O) groups is 1. The van der Waals surface area contributed by atoms with Gasteiger partial charge >= 0.3 is 0 Å². The number of rotatable bonds is 3. The molecule has 1 atom stereocenters. The summed E-state index contributed by atoms with van der Waals surface area (Å²) in [6, 6.07) is 5.41. The van der Waals surface area contributed by atoms with Gasteiger partial charge in [-0.25, -0.2) is 0 Å². The Morgan fingerprint density at radius 2 is 2.12 bits per heavy atom. The standard InChI is InChI=1S/C13H14Cl2OS/c14-10-5-4-9(7-11(10)15)8-12(16)13-3-1-2-6-17-13/h4-5,7,13H,1-3,6,8H2. The summed E-state index contributed by atoms with van der Waals surface area (Å²) in [6.07, 6.45) is 3.89. The van der Waals surface area contributed by atoms with Crippen LogP contribution in [0.25, 0.3) is 0 Å². The SMILES string of the molecule is O=C(Cc1ccc(Cl)c(Cl)c1)C1CCCCS1. The summed E-state index contributed by atoms with van der Waals surface area (Å²) in [7, 11) is 0. The van der Waals surface area contributed by atoms with E-state index in [1.54, 1.807) is 23.9 Å². The van der Waals surface area contributed by atoms with E-state index in [2.05, 4.69) is 0 Å². The second kappa shape index (κ2) is 6.12. The smallest absolute Gasteiger partial charge is 0.150 e. The summed E-state index contributed by atoms with van der Waals surface area (Å²) in [5, 5.41) is 1.24. The van der Waals surface area contributed by atoms with Crippen molar-refractivity contribution >= 4 is 40.7 Å². The lowest BCUT2D eigenvalue weighted by Gasteiger charge is -2.19. The summed E-state index contributed by atoms with van der Waals surface area (Å²) in [5.41, 5.74) is 0.954. The summed E-state index contributed by atoms with van der Waals surface area (Å²) < 4.78 is 0. The molecule has 92 valence electrons. The summed E-state index contributed by atoms with van der Waals surface area (Å²) >= 11 is 13.6. The molecular formula is C13H14Cl2OS. The van der Waals surface area contributed by atoms with Gasteiger partial charge in [-0.15, -0.1) is 0 Å². The van der Waals surface area contributed by atoms with Crippen LogP contribution in [0.2, 0.25) is 10.0 Å². The van der Waals surface area contributed by atoms with Crippen LogP contribution in [-0.2, 0) is 11.2 Å². The minimum atomic E-state index is 0.179. The van der Waals surface area contributed by atoms with Crippen molar-refractivity contribution in [2.75, 3.05) is 5.75 Å². The molecule has 17 heavy (non-hydrogen) atoms. The van der Waals surface area contributed by atoms with Crippen molar-refractivity contribution in [3.63, 3.8) is 0 Å². The van der Waals surface area contributed by atoms with E-state index in [1.807, 2.05) is 6.07 Å². The van der Waals surface area contributed by atoms with E-state index in [0.29, 0.717) is 22.2 Å². The summed E-state index contributed by atoms with van der Waals surface area (Å²) in [4.78, 5) is 12.1. The van der Waals surface area contributed by atoms with E-state index in [4.69, 9.17) is 23.2 Å². The highest BCUT2D eigenvalue weighted by Gasteiger charge is 2.21. The zero-order chi connectivity index (χ0) is 12.3. The predicted octanol–water partition coefficient (Wildman–Crippen LogP) is 4.39. The molecule has 1 saturated heterocycles. The van der Waals surface area contributed by atoms with E-state index in [-0.39, 0.29) is 5.25 Å². The Morgan fingerprint density at radius 1 is 1.29 bits per heavy atom. The van der Waals surface area contributed by atoms with Crippen molar-refractivity contribution in [1.82, 2.24) is 0 Å². The number of hydrogen-bond acceptors (Lipinski definition) is 2. The maximum Gasteiger partial charge on any atom is 0.150 e. The molecule has 1 nitrogen and oxygen atoms in total. The van der Waals surface area contributed by atoms with Gasteiger partial charge in [-0.2, -0.15) is 11.8 Å². The molecule has 0 spiro atoms. The molecule has 1 aromatic carbocycles. The zero-order valence-corrected chi connectivity index (χ0v) is 11.7. The van der Waals surface area contributed by atoms with Crippen LogP contribution in [-0.4, -0.2) is 16.8 Å². The molecule has 0 amide bonds. The van der Waals surface area contributed by atoms with Crippen molar-refractivity contribution in [3.8, 4) is 0 Å². The van der Waals surface area contributed by atoms with E-state index in [9.17, 15) is 4.79 Å². The molecular weight excluding hydrogens is 275 g/mol. The van der Waals surface area contributed by atoms with E-state index in [1.165, 1.54) is 12.8 Å². The van der Waals surface area contributed by atoms with E-state index < -0.39 is 0 Å². The topological polar surface area (TPSA) is 17.1 Å². The van der Waals surface area contributed by atoms with Crippen LogP contribution in [0.15, 0.2) is 18.2 Å². The molecule has 1 aliphatic heterocycles. The number of halogens is 2. The molecule has 0 saturated carbocycles. The Balaban J connectivity index is 1.99. The van der Waals surface area contributed by atoms with Gasteiger partial charge in [-0.3, -0.25) is 4.79 Å². The third kappa shape index (κ3) is 3.64. The fourth-order valence-corrected chi connectivity index (χ4v) is 3.54. The molecule has 2 rings (SSSR count). The number of Topliss-reactive ketones (excluding diaryl/α,β-unsaturated/α-hetero) is 1. The molecule has 0 N–H and O–H groups in total. The molecule has 0 radical (unpaired) electrons.